The first-order valence-electron chi connectivity index (χ1n) is 11.6. The summed E-state index contributed by atoms with van der Waals surface area (Å²) in [5.74, 6) is -1.66. The Labute approximate surface area is 207 Å². The first kappa shape index (κ1) is 24.9. The van der Waals surface area contributed by atoms with Crippen LogP contribution in [0.4, 0.5) is 0 Å². The fraction of sp³-hybridized carbons (Fsp3) is 0.308. The molecule has 0 amide bonds. The molecule has 2 atom stereocenters. The number of benzene rings is 1. The van der Waals surface area contributed by atoms with E-state index in [2.05, 4.69) is 20.3 Å². The molecular formula is C26H27N5O5. The van der Waals surface area contributed by atoms with Crippen molar-refractivity contribution < 1.29 is 19.7 Å². The Morgan fingerprint density at radius 1 is 1.08 bits per heavy atom. The highest BCUT2D eigenvalue weighted by Gasteiger charge is 2.26. The van der Waals surface area contributed by atoms with E-state index in [1.165, 1.54) is 0 Å². The molecule has 0 saturated carbocycles. The van der Waals surface area contributed by atoms with Crippen LogP contribution in [0.1, 0.15) is 24.0 Å². The summed E-state index contributed by atoms with van der Waals surface area (Å²) in [5.41, 5.74) is 3.58. The van der Waals surface area contributed by atoms with E-state index < -0.39 is 18.0 Å². The van der Waals surface area contributed by atoms with Gasteiger partial charge in [-0.05, 0) is 61.6 Å². The topological polar surface area (TPSA) is 140 Å². The van der Waals surface area contributed by atoms with E-state index in [-0.39, 0.29) is 24.9 Å². The molecule has 0 aliphatic rings. The van der Waals surface area contributed by atoms with Crippen molar-refractivity contribution in [3.63, 3.8) is 0 Å². The van der Waals surface area contributed by atoms with Crippen LogP contribution in [0.15, 0.2) is 59.7 Å². The van der Waals surface area contributed by atoms with E-state index in [4.69, 9.17) is 4.74 Å². The van der Waals surface area contributed by atoms with Crippen molar-refractivity contribution in [2.75, 3.05) is 7.11 Å². The molecule has 2 N–H and O–H groups in total. The van der Waals surface area contributed by atoms with Crippen LogP contribution < -0.4 is 10.3 Å². The summed E-state index contributed by atoms with van der Waals surface area (Å²) in [7, 11) is 1.55. The highest BCUT2D eigenvalue weighted by Crippen LogP contribution is 2.20. The number of aryl methyl sites for hydroxylation is 3. The number of carboxylic acids is 1. The first-order valence-corrected chi connectivity index (χ1v) is 11.6. The molecular weight excluding hydrogens is 462 g/mol. The molecule has 10 nitrogen and oxygen atoms in total. The van der Waals surface area contributed by atoms with E-state index in [1.807, 2.05) is 31.2 Å². The molecule has 0 spiro atoms. The number of ether oxygens (including phenoxy) is 1. The molecule has 10 heteroatoms. The Morgan fingerprint density at radius 2 is 1.92 bits per heavy atom. The van der Waals surface area contributed by atoms with Gasteiger partial charge in [0, 0.05) is 30.6 Å². The summed E-state index contributed by atoms with van der Waals surface area (Å²) in [5, 5.41) is 28.7. The summed E-state index contributed by atoms with van der Waals surface area (Å²) >= 11 is 0. The van der Waals surface area contributed by atoms with Crippen LogP contribution in [0, 0.1) is 12.8 Å². The number of fused-ring (bicyclic) bond motifs is 1. The Kier molecular flexibility index (Phi) is 7.65. The van der Waals surface area contributed by atoms with E-state index in [0.717, 1.165) is 27.1 Å². The molecule has 3 aromatic heterocycles. The van der Waals surface area contributed by atoms with Gasteiger partial charge in [-0.15, -0.1) is 5.10 Å². The van der Waals surface area contributed by atoms with Crippen molar-refractivity contribution in [2.24, 2.45) is 5.92 Å². The molecule has 4 rings (SSSR count). The van der Waals surface area contributed by atoms with Crippen LogP contribution >= 0.6 is 0 Å². The predicted molar refractivity (Wildman–Crippen MR) is 133 cm³/mol. The second-order valence-corrected chi connectivity index (χ2v) is 8.62. The Bertz CT molecular complexity index is 1400. The van der Waals surface area contributed by atoms with Crippen molar-refractivity contribution in [3.8, 4) is 17.1 Å². The molecule has 0 saturated heterocycles. The normalized spacial score (nSPS) is 12.9. The van der Waals surface area contributed by atoms with Gasteiger partial charge in [-0.2, -0.15) is 0 Å². The minimum Gasteiger partial charge on any atom is -0.481 e. The lowest BCUT2D eigenvalue weighted by Crippen LogP contribution is -2.32. The van der Waals surface area contributed by atoms with Crippen LogP contribution in [-0.2, 0) is 17.8 Å². The summed E-state index contributed by atoms with van der Waals surface area (Å²) < 4.78 is 6.21. The standard InChI is InChI=1S/C26H27N5O5/c1-16-3-7-19-22(13-16)29-30-31(25(19)33)12-11-20(26(34)35)23(32)9-5-17-4-8-21(27-14-17)18-6-10-24(36-2)28-15-18/h3-4,6-8,10,13-15,20,23,32H,5,9,11-12H2,1-2H3,(H,34,35)/t20-,23+/m0/s1. The van der Waals surface area contributed by atoms with Gasteiger partial charge in [-0.3, -0.25) is 14.6 Å². The third-order valence-corrected chi connectivity index (χ3v) is 6.11. The van der Waals surface area contributed by atoms with Crippen molar-refractivity contribution >= 4 is 16.9 Å². The third kappa shape index (κ3) is 5.72. The molecule has 36 heavy (non-hydrogen) atoms. The van der Waals surface area contributed by atoms with Gasteiger partial charge in [0.2, 0.25) is 5.88 Å². The van der Waals surface area contributed by atoms with Crippen molar-refractivity contribution in [2.45, 2.75) is 38.8 Å². The average Bonchev–Trinajstić information content (AvgIpc) is 2.89. The highest BCUT2D eigenvalue weighted by molar-refractivity contribution is 5.77. The Hall–Kier alpha value is -4.18. The monoisotopic (exact) mass is 489 g/mol. The second-order valence-electron chi connectivity index (χ2n) is 8.62. The zero-order valence-electron chi connectivity index (χ0n) is 20.0. The Morgan fingerprint density at radius 3 is 2.58 bits per heavy atom. The average molecular weight is 490 g/mol. The lowest BCUT2D eigenvalue weighted by molar-refractivity contribution is -0.146. The zero-order valence-corrected chi connectivity index (χ0v) is 20.0. The molecule has 0 unspecified atom stereocenters. The number of aliphatic carboxylic acids is 1. The van der Waals surface area contributed by atoms with Gasteiger partial charge in [0.1, 0.15) is 5.52 Å². The smallest absolute Gasteiger partial charge is 0.309 e. The number of aliphatic hydroxyl groups is 1. The van der Waals surface area contributed by atoms with Crippen molar-refractivity contribution in [1.29, 1.82) is 0 Å². The predicted octanol–water partition coefficient (Wildman–Crippen LogP) is 2.65. The third-order valence-electron chi connectivity index (χ3n) is 6.11. The number of carbonyl (C=O) groups is 1. The van der Waals surface area contributed by atoms with Gasteiger partial charge in [-0.1, -0.05) is 17.3 Å². The van der Waals surface area contributed by atoms with Gasteiger partial charge in [0.05, 0.1) is 30.2 Å². The van der Waals surface area contributed by atoms with Crippen LogP contribution in [0.2, 0.25) is 0 Å². The van der Waals surface area contributed by atoms with E-state index in [9.17, 15) is 19.8 Å². The van der Waals surface area contributed by atoms with E-state index in [1.54, 1.807) is 37.7 Å². The van der Waals surface area contributed by atoms with Gasteiger partial charge in [-0.25, -0.2) is 9.67 Å². The van der Waals surface area contributed by atoms with Crippen molar-refractivity contribution in [3.05, 3.63) is 76.3 Å². The minimum atomic E-state index is -1.12. The lowest BCUT2D eigenvalue weighted by atomic mass is 9.93. The molecule has 3 heterocycles. The maximum Gasteiger partial charge on any atom is 0.309 e. The largest absolute Gasteiger partial charge is 0.481 e. The molecule has 186 valence electrons. The summed E-state index contributed by atoms with van der Waals surface area (Å²) in [6.07, 6.45) is 3.01. The van der Waals surface area contributed by atoms with Gasteiger partial charge in [0.25, 0.3) is 5.56 Å². The van der Waals surface area contributed by atoms with Crippen LogP contribution in [0.5, 0.6) is 5.88 Å². The summed E-state index contributed by atoms with van der Waals surface area (Å²) in [6.45, 7) is 1.93. The lowest BCUT2D eigenvalue weighted by Gasteiger charge is -2.19. The van der Waals surface area contributed by atoms with E-state index >= 15 is 0 Å². The zero-order chi connectivity index (χ0) is 25.7. The van der Waals surface area contributed by atoms with Gasteiger partial charge in [0.15, 0.2) is 0 Å². The van der Waals surface area contributed by atoms with Gasteiger partial charge < -0.3 is 14.9 Å². The van der Waals surface area contributed by atoms with Crippen LogP contribution in [-0.4, -0.2) is 54.4 Å². The molecule has 0 fully saturated rings. The summed E-state index contributed by atoms with van der Waals surface area (Å²) in [6, 6.07) is 12.6. The highest BCUT2D eigenvalue weighted by atomic mass is 16.5. The fourth-order valence-corrected chi connectivity index (χ4v) is 3.99. The molecule has 0 aliphatic carbocycles. The maximum absolute atomic E-state index is 12.7. The first-order chi connectivity index (χ1) is 17.4. The van der Waals surface area contributed by atoms with Crippen LogP contribution in [0.25, 0.3) is 22.2 Å². The summed E-state index contributed by atoms with van der Waals surface area (Å²) in [4.78, 5) is 33.2. The second kappa shape index (κ2) is 11.0. The molecule has 0 aliphatic heterocycles. The number of hydrogen-bond acceptors (Lipinski definition) is 8. The number of aromatic nitrogens is 5. The number of rotatable bonds is 10. The molecule has 4 aromatic rings. The fourth-order valence-electron chi connectivity index (χ4n) is 3.99. The minimum absolute atomic E-state index is 0.0375. The van der Waals surface area contributed by atoms with Crippen LogP contribution in [0.3, 0.4) is 0 Å². The number of aliphatic hydroxyl groups excluding tert-OH is 1. The maximum atomic E-state index is 12.7. The molecule has 0 radical (unpaired) electrons. The molecule has 1 aromatic carbocycles. The Balaban J connectivity index is 1.37. The van der Waals surface area contributed by atoms with Crippen molar-refractivity contribution in [1.82, 2.24) is 25.0 Å². The number of carboxylic acid groups (broad SMARTS) is 1. The SMILES string of the molecule is COc1ccc(-c2ccc(CC[C@@H](O)[C@H](CCn3nnc4cc(C)ccc4c3=O)C(=O)O)cn2)cn1. The van der Waals surface area contributed by atoms with Gasteiger partial charge >= 0.3 is 5.97 Å². The number of pyridine rings is 2. The molecule has 0 bridgehead atoms. The number of methoxy groups -OCH3 is 1. The number of nitrogens with zero attached hydrogens (tertiary/aromatic N) is 5. The number of hydrogen-bond donors (Lipinski definition) is 2. The quantitative estimate of drug-likeness (QED) is 0.344. The van der Waals surface area contributed by atoms with E-state index in [0.29, 0.717) is 23.2 Å².